The van der Waals surface area contributed by atoms with Crippen LogP contribution in [-0.4, -0.2) is 4.98 Å². The Morgan fingerprint density at radius 1 is 0.600 bits per heavy atom. The molecular formula is C22H19NO2. The van der Waals surface area contributed by atoms with Crippen LogP contribution in [0, 0.1) is 0 Å². The number of benzene rings is 3. The topological polar surface area (TPSA) is 34.2 Å². The van der Waals surface area contributed by atoms with Gasteiger partial charge in [-0.25, -0.2) is 0 Å². The van der Waals surface area contributed by atoms with Gasteiger partial charge in [-0.1, -0.05) is 66.7 Å². The maximum atomic E-state index is 6.06. The summed E-state index contributed by atoms with van der Waals surface area (Å²) in [5, 5.41) is 0.981. The van der Waals surface area contributed by atoms with Gasteiger partial charge in [0.15, 0.2) is 0 Å². The third-order valence-corrected chi connectivity index (χ3v) is 4.11. The maximum Gasteiger partial charge on any atom is 0.148 e. The summed E-state index contributed by atoms with van der Waals surface area (Å²) in [4.78, 5) is 3.26. The molecule has 3 nitrogen and oxygen atoms in total. The normalized spacial score (nSPS) is 10.7. The molecule has 4 rings (SSSR count). The number of aromatic amines is 1. The Kier molecular flexibility index (Phi) is 4.38. The van der Waals surface area contributed by atoms with Gasteiger partial charge in [0.25, 0.3) is 0 Å². The Hall–Kier alpha value is -3.20. The fourth-order valence-electron chi connectivity index (χ4n) is 2.83. The van der Waals surface area contributed by atoms with Crippen LogP contribution in [0.4, 0.5) is 0 Å². The van der Waals surface area contributed by atoms with Crippen LogP contribution in [0.15, 0.2) is 85.1 Å². The maximum absolute atomic E-state index is 6.06. The fraction of sp³-hybridized carbons (Fsp3) is 0.0909. The predicted octanol–water partition coefficient (Wildman–Crippen LogP) is 5.33. The highest BCUT2D eigenvalue weighted by Gasteiger charge is 2.11. The highest BCUT2D eigenvalue weighted by atomic mass is 16.5. The zero-order valence-electron chi connectivity index (χ0n) is 13.8. The van der Waals surface area contributed by atoms with Gasteiger partial charge in [-0.3, -0.25) is 0 Å². The Labute approximate surface area is 146 Å². The third kappa shape index (κ3) is 3.50. The zero-order valence-corrected chi connectivity index (χ0v) is 13.8. The van der Waals surface area contributed by atoms with E-state index in [9.17, 15) is 0 Å². The summed E-state index contributed by atoms with van der Waals surface area (Å²) in [5.41, 5.74) is 3.29. The summed E-state index contributed by atoms with van der Waals surface area (Å²) in [5.74, 6) is 1.63. The van der Waals surface area contributed by atoms with Gasteiger partial charge in [-0.15, -0.1) is 0 Å². The third-order valence-electron chi connectivity index (χ3n) is 4.11. The van der Waals surface area contributed by atoms with Crippen molar-refractivity contribution in [1.82, 2.24) is 4.98 Å². The van der Waals surface area contributed by atoms with Gasteiger partial charge in [0.2, 0.25) is 0 Å². The minimum atomic E-state index is 0.529. The Bertz CT molecular complexity index is 946. The van der Waals surface area contributed by atoms with Crippen molar-refractivity contribution in [3.63, 3.8) is 0 Å². The first-order valence-corrected chi connectivity index (χ1v) is 8.34. The van der Waals surface area contributed by atoms with E-state index in [-0.39, 0.29) is 0 Å². The minimum absolute atomic E-state index is 0.529. The number of H-pyrrole nitrogens is 1. The first kappa shape index (κ1) is 15.3. The first-order valence-electron chi connectivity index (χ1n) is 8.34. The average molecular weight is 329 g/mol. The Morgan fingerprint density at radius 2 is 1.20 bits per heavy atom. The van der Waals surface area contributed by atoms with Crippen molar-refractivity contribution >= 4 is 10.9 Å². The summed E-state index contributed by atoms with van der Waals surface area (Å²) in [6.45, 7) is 1.06. The molecule has 0 aliphatic carbocycles. The van der Waals surface area contributed by atoms with E-state index >= 15 is 0 Å². The number of fused-ring (bicyclic) bond motifs is 1. The zero-order chi connectivity index (χ0) is 16.9. The molecule has 0 fully saturated rings. The van der Waals surface area contributed by atoms with Crippen LogP contribution in [-0.2, 0) is 13.2 Å². The number of hydrogen-bond acceptors (Lipinski definition) is 2. The summed E-state index contributed by atoms with van der Waals surface area (Å²) < 4.78 is 12.1. The van der Waals surface area contributed by atoms with E-state index in [1.807, 2.05) is 60.8 Å². The van der Waals surface area contributed by atoms with Crippen molar-refractivity contribution in [2.45, 2.75) is 13.2 Å². The first-order chi connectivity index (χ1) is 12.4. The van der Waals surface area contributed by atoms with E-state index in [0.717, 1.165) is 33.5 Å². The number of rotatable bonds is 6. The van der Waals surface area contributed by atoms with Gasteiger partial charge in [0.05, 0.1) is 10.9 Å². The molecule has 0 saturated carbocycles. The van der Waals surface area contributed by atoms with Gasteiger partial charge >= 0.3 is 0 Å². The lowest BCUT2D eigenvalue weighted by atomic mass is 10.2. The molecule has 0 amide bonds. The van der Waals surface area contributed by atoms with Crippen LogP contribution in [0.5, 0.6) is 11.5 Å². The summed E-state index contributed by atoms with van der Waals surface area (Å²) in [6.07, 6.45) is 1.89. The predicted molar refractivity (Wildman–Crippen MR) is 99.8 cm³/mol. The summed E-state index contributed by atoms with van der Waals surface area (Å²) in [7, 11) is 0. The van der Waals surface area contributed by atoms with Crippen LogP contribution in [0.3, 0.4) is 0 Å². The molecule has 4 aromatic rings. The van der Waals surface area contributed by atoms with Crippen molar-refractivity contribution < 1.29 is 9.47 Å². The Morgan fingerprint density at radius 3 is 1.84 bits per heavy atom. The molecule has 1 N–H and O–H groups in total. The lowest BCUT2D eigenvalue weighted by Gasteiger charge is -2.10. The van der Waals surface area contributed by atoms with Crippen LogP contribution in [0.25, 0.3) is 10.9 Å². The summed E-state index contributed by atoms with van der Waals surface area (Å²) >= 11 is 0. The number of ether oxygens (including phenoxy) is 2. The molecule has 1 heterocycles. The van der Waals surface area contributed by atoms with E-state index in [2.05, 4.69) is 29.2 Å². The van der Waals surface area contributed by atoms with Crippen LogP contribution in [0.2, 0.25) is 0 Å². The Balaban J connectivity index is 1.56. The number of nitrogens with one attached hydrogen (secondary N) is 1. The van der Waals surface area contributed by atoms with E-state index in [1.165, 1.54) is 0 Å². The van der Waals surface area contributed by atoms with Gasteiger partial charge < -0.3 is 14.5 Å². The minimum Gasteiger partial charge on any atom is -0.488 e. The van der Waals surface area contributed by atoms with Crippen molar-refractivity contribution in [3.8, 4) is 11.5 Å². The van der Waals surface area contributed by atoms with Gasteiger partial charge in [-0.2, -0.15) is 0 Å². The molecule has 0 atom stereocenters. The van der Waals surface area contributed by atoms with E-state index in [1.54, 1.807) is 0 Å². The van der Waals surface area contributed by atoms with Crippen LogP contribution in [0.1, 0.15) is 11.1 Å². The van der Waals surface area contributed by atoms with E-state index < -0.39 is 0 Å². The molecule has 124 valence electrons. The second-order valence-corrected chi connectivity index (χ2v) is 5.88. The second-order valence-electron chi connectivity index (χ2n) is 5.88. The number of aromatic nitrogens is 1. The molecule has 0 radical (unpaired) electrons. The van der Waals surface area contributed by atoms with Crippen molar-refractivity contribution in [2.75, 3.05) is 0 Å². The highest BCUT2D eigenvalue weighted by Crippen LogP contribution is 2.34. The number of hydrogen-bond donors (Lipinski definition) is 1. The molecule has 0 unspecified atom stereocenters. The van der Waals surface area contributed by atoms with E-state index in [0.29, 0.717) is 13.2 Å². The standard InChI is InChI=1S/C22H19NO2/c1-3-8-17(9-4-1)15-24-20-13-7-12-19-22(20)21(14-23-19)25-16-18-10-5-2-6-11-18/h1-14,23H,15-16H2. The monoisotopic (exact) mass is 329 g/mol. The molecule has 0 spiro atoms. The fourth-order valence-corrected chi connectivity index (χ4v) is 2.83. The van der Waals surface area contributed by atoms with Gasteiger partial charge in [0.1, 0.15) is 24.7 Å². The lowest BCUT2D eigenvalue weighted by molar-refractivity contribution is 0.298. The smallest absolute Gasteiger partial charge is 0.148 e. The molecule has 1 aromatic heterocycles. The van der Waals surface area contributed by atoms with Crippen molar-refractivity contribution in [3.05, 3.63) is 96.2 Å². The molecule has 25 heavy (non-hydrogen) atoms. The molecule has 3 heteroatoms. The van der Waals surface area contributed by atoms with Crippen molar-refractivity contribution in [2.24, 2.45) is 0 Å². The van der Waals surface area contributed by atoms with Gasteiger partial charge in [-0.05, 0) is 23.3 Å². The largest absolute Gasteiger partial charge is 0.488 e. The molecule has 0 bridgehead atoms. The van der Waals surface area contributed by atoms with Crippen LogP contribution >= 0.6 is 0 Å². The van der Waals surface area contributed by atoms with Gasteiger partial charge in [0, 0.05) is 6.20 Å². The molecule has 0 aliphatic rings. The lowest BCUT2D eigenvalue weighted by Crippen LogP contribution is -1.97. The molecule has 0 aliphatic heterocycles. The highest BCUT2D eigenvalue weighted by molar-refractivity contribution is 5.92. The second kappa shape index (κ2) is 7.14. The van der Waals surface area contributed by atoms with Crippen molar-refractivity contribution in [1.29, 1.82) is 0 Å². The molecule has 3 aromatic carbocycles. The average Bonchev–Trinajstić information content (AvgIpc) is 3.10. The molecule has 0 saturated heterocycles. The summed E-state index contributed by atoms with van der Waals surface area (Å²) in [6, 6.07) is 26.3. The van der Waals surface area contributed by atoms with Crippen LogP contribution < -0.4 is 9.47 Å². The molecular weight excluding hydrogens is 310 g/mol. The van der Waals surface area contributed by atoms with E-state index in [4.69, 9.17) is 9.47 Å². The SMILES string of the molecule is c1ccc(COc2cccc3[nH]cc(OCc4ccccc4)c23)cc1. The quantitative estimate of drug-likeness (QED) is 0.519.